The van der Waals surface area contributed by atoms with Crippen LogP contribution in [-0.2, 0) is 19.2 Å². The summed E-state index contributed by atoms with van der Waals surface area (Å²) in [5, 5.41) is 15.8. The van der Waals surface area contributed by atoms with E-state index in [2.05, 4.69) is 4.90 Å². The molecule has 0 unspecified atom stereocenters. The van der Waals surface area contributed by atoms with Crippen molar-refractivity contribution in [2.75, 3.05) is 67.1 Å². The number of amides is 2. The largest absolute Gasteiger partial charge is 0.493 e. The zero-order valence-corrected chi connectivity index (χ0v) is 22.2. The number of nitrogens with zero attached hydrogens (tertiary/aromatic N) is 3. The van der Waals surface area contributed by atoms with Gasteiger partial charge in [0.15, 0.2) is 11.5 Å². The Bertz CT molecular complexity index is 959. The van der Waals surface area contributed by atoms with Crippen LogP contribution in [0.2, 0.25) is 0 Å². The van der Waals surface area contributed by atoms with E-state index in [9.17, 15) is 19.2 Å². The highest BCUT2D eigenvalue weighted by Gasteiger charge is 2.24. The normalized spacial score (nSPS) is 15.6. The summed E-state index contributed by atoms with van der Waals surface area (Å²) >= 11 is 0. The molecule has 3 rings (SSSR count). The summed E-state index contributed by atoms with van der Waals surface area (Å²) in [4.78, 5) is 50.1. The van der Waals surface area contributed by atoms with E-state index in [1.807, 2.05) is 9.80 Å². The van der Waals surface area contributed by atoms with Gasteiger partial charge >= 0.3 is 11.9 Å². The maximum absolute atomic E-state index is 12.6. The summed E-state index contributed by atoms with van der Waals surface area (Å²) in [5.41, 5.74) is 0.785. The van der Waals surface area contributed by atoms with Crippen molar-refractivity contribution in [3.05, 3.63) is 23.8 Å². The molecule has 2 aliphatic heterocycles. The molecule has 12 nitrogen and oxygen atoms in total. The number of methoxy groups -OCH3 is 3. The lowest BCUT2D eigenvalue weighted by Crippen LogP contribution is -2.51. The maximum atomic E-state index is 12.6. The third kappa shape index (κ3) is 9.58. The molecule has 1 aromatic carbocycles. The Morgan fingerprint density at radius 1 is 0.789 bits per heavy atom. The second kappa shape index (κ2) is 15.5. The Morgan fingerprint density at radius 2 is 1.32 bits per heavy atom. The van der Waals surface area contributed by atoms with Crippen molar-refractivity contribution in [2.45, 2.75) is 25.7 Å². The molecule has 2 heterocycles. The number of hydrogen-bond donors (Lipinski definition) is 2. The van der Waals surface area contributed by atoms with E-state index in [1.54, 1.807) is 45.6 Å². The van der Waals surface area contributed by atoms with Crippen molar-refractivity contribution in [1.29, 1.82) is 0 Å². The highest BCUT2D eigenvalue weighted by molar-refractivity contribution is 5.92. The molecule has 210 valence electrons. The van der Waals surface area contributed by atoms with Gasteiger partial charge in [-0.2, -0.15) is 0 Å². The van der Waals surface area contributed by atoms with Crippen LogP contribution in [0.3, 0.4) is 0 Å². The van der Waals surface area contributed by atoms with Crippen molar-refractivity contribution in [3.8, 4) is 17.2 Å². The van der Waals surface area contributed by atoms with Gasteiger partial charge in [-0.1, -0.05) is 0 Å². The lowest BCUT2D eigenvalue weighted by molar-refractivity contribution is -0.143. The summed E-state index contributed by atoms with van der Waals surface area (Å²) in [7, 11) is 4.67. The van der Waals surface area contributed by atoms with Crippen LogP contribution in [0, 0.1) is 0 Å². The van der Waals surface area contributed by atoms with Crippen LogP contribution >= 0.6 is 0 Å². The molecule has 0 spiro atoms. The van der Waals surface area contributed by atoms with Gasteiger partial charge in [-0.05, 0) is 36.6 Å². The van der Waals surface area contributed by atoms with Crippen molar-refractivity contribution >= 4 is 29.8 Å². The van der Waals surface area contributed by atoms with Gasteiger partial charge in [0.1, 0.15) is 0 Å². The van der Waals surface area contributed by atoms with E-state index in [0.29, 0.717) is 50.0 Å². The summed E-state index contributed by atoms with van der Waals surface area (Å²) in [6.07, 6.45) is 4.92. The number of aliphatic carboxylic acids is 2. The van der Waals surface area contributed by atoms with Gasteiger partial charge in [0.05, 0.1) is 40.7 Å². The number of carbonyl (C=O) groups excluding carboxylic acids is 2. The van der Waals surface area contributed by atoms with Crippen LogP contribution in [0.15, 0.2) is 18.2 Å². The zero-order valence-electron chi connectivity index (χ0n) is 22.2. The van der Waals surface area contributed by atoms with Gasteiger partial charge in [-0.15, -0.1) is 0 Å². The predicted octanol–water partition coefficient (Wildman–Crippen LogP) is 1.43. The van der Waals surface area contributed by atoms with Crippen LogP contribution in [0.4, 0.5) is 0 Å². The van der Waals surface area contributed by atoms with Gasteiger partial charge in [-0.25, -0.2) is 0 Å². The quantitative estimate of drug-likeness (QED) is 0.422. The molecule has 0 atom stereocenters. The summed E-state index contributed by atoms with van der Waals surface area (Å²) in [6, 6.07) is 3.60. The molecule has 2 N–H and O–H groups in total. The SMILES string of the molecule is COc1cc(/C=C/C(=O)N2CCN(CC(=O)N3CCCC3)CC2)cc(OC)c1OC.O=C(O)CCC(=O)O. The third-order valence-corrected chi connectivity index (χ3v) is 6.16. The predicted molar refractivity (Wildman–Crippen MR) is 138 cm³/mol. The number of rotatable bonds is 10. The zero-order chi connectivity index (χ0) is 28.1. The summed E-state index contributed by atoms with van der Waals surface area (Å²) in [6.45, 7) is 4.86. The number of piperazine rings is 1. The highest BCUT2D eigenvalue weighted by Crippen LogP contribution is 2.38. The maximum Gasteiger partial charge on any atom is 0.303 e. The third-order valence-electron chi connectivity index (χ3n) is 6.16. The fourth-order valence-corrected chi connectivity index (χ4v) is 4.07. The summed E-state index contributed by atoms with van der Waals surface area (Å²) in [5.74, 6) is -0.396. The molecule has 2 aliphatic rings. The average molecular weight is 536 g/mol. The van der Waals surface area contributed by atoms with E-state index in [1.165, 1.54) is 0 Å². The molecule has 12 heteroatoms. The number of ether oxygens (including phenoxy) is 3. The van der Waals surface area contributed by atoms with Gasteiger partial charge < -0.3 is 34.2 Å². The van der Waals surface area contributed by atoms with Crippen LogP contribution in [0.5, 0.6) is 17.2 Å². The fourth-order valence-electron chi connectivity index (χ4n) is 4.07. The van der Waals surface area contributed by atoms with E-state index in [4.69, 9.17) is 24.4 Å². The number of hydrogen-bond acceptors (Lipinski definition) is 8. The minimum atomic E-state index is -1.08. The van der Waals surface area contributed by atoms with Crippen LogP contribution in [0.1, 0.15) is 31.2 Å². The van der Waals surface area contributed by atoms with Crippen LogP contribution in [0.25, 0.3) is 6.08 Å². The first kappa shape index (κ1) is 30.4. The smallest absolute Gasteiger partial charge is 0.303 e. The second-order valence-electron chi connectivity index (χ2n) is 8.77. The lowest BCUT2D eigenvalue weighted by Gasteiger charge is -2.34. The fraction of sp³-hybridized carbons (Fsp3) is 0.538. The van der Waals surface area contributed by atoms with Crippen molar-refractivity contribution in [1.82, 2.24) is 14.7 Å². The molecule has 38 heavy (non-hydrogen) atoms. The molecule has 2 fully saturated rings. The second-order valence-corrected chi connectivity index (χ2v) is 8.77. The van der Waals surface area contributed by atoms with E-state index < -0.39 is 11.9 Å². The average Bonchev–Trinajstić information content (AvgIpc) is 3.46. The van der Waals surface area contributed by atoms with E-state index in [0.717, 1.165) is 31.5 Å². The van der Waals surface area contributed by atoms with Crippen LogP contribution in [-0.4, -0.2) is 116 Å². The Morgan fingerprint density at radius 3 is 1.76 bits per heavy atom. The van der Waals surface area contributed by atoms with E-state index >= 15 is 0 Å². The van der Waals surface area contributed by atoms with Gasteiger partial charge in [0.25, 0.3) is 0 Å². The van der Waals surface area contributed by atoms with Crippen LogP contribution < -0.4 is 14.2 Å². The Balaban J connectivity index is 0.000000550. The Kier molecular flexibility index (Phi) is 12.4. The highest BCUT2D eigenvalue weighted by atomic mass is 16.5. The Labute approximate surface area is 222 Å². The van der Waals surface area contributed by atoms with Crippen molar-refractivity contribution < 1.29 is 43.6 Å². The van der Waals surface area contributed by atoms with Crippen molar-refractivity contribution in [2.24, 2.45) is 0 Å². The first-order valence-corrected chi connectivity index (χ1v) is 12.4. The summed E-state index contributed by atoms with van der Waals surface area (Å²) < 4.78 is 16.0. The molecule has 0 aromatic heterocycles. The number of benzene rings is 1. The molecule has 0 radical (unpaired) electrons. The number of carboxylic acids is 2. The molecule has 0 saturated carbocycles. The number of likely N-dealkylation sites (tertiary alicyclic amines) is 1. The minimum absolute atomic E-state index is 0.0470. The molecular weight excluding hydrogens is 498 g/mol. The molecule has 0 aliphatic carbocycles. The first-order chi connectivity index (χ1) is 18.2. The monoisotopic (exact) mass is 535 g/mol. The van der Waals surface area contributed by atoms with Crippen molar-refractivity contribution in [3.63, 3.8) is 0 Å². The lowest BCUT2D eigenvalue weighted by atomic mass is 10.1. The van der Waals surface area contributed by atoms with Gasteiger partial charge in [-0.3, -0.25) is 24.1 Å². The van der Waals surface area contributed by atoms with Gasteiger partial charge in [0.2, 0.25) is 17.6 Å². The number of carbonyl (C=O) groups is 4. The van der Waals surface area contributed by atoms with E-state index in [-0.39, 0.29) is 24.7 Å². The molecule has 1 aromatic rings. The van der Waals surface area contributed by atoms with Gasteiger partial charge in [0, 0.05) is 45.3 Å². The standard InChI is InChI=1S/C22H31N3O5.C4H6O4/c1-28-18-14-17(15-19(29-2)22(18)30-3)6-7-20(26)25-12-10-23(11-13-25)16-21(27)24-8-4-5-9-24;5-3(6)1-2-4(7)8/h6-7,14-15H,4-5,8-13,16H2,1-3H3;1-2H2,(H,5,6)(H,7,8)/b7-6+;. The topological polar surface area (TPSA) is 146 Å². The minimum Gasteiger partial charge on any atom is -0.493 e. The molecule has 0 bridgehead atoms. The molecule has 2 saturated heterocycles. The molecular formula is C26H37N3O9. The number of carboxylic acid groups (broad SMARTS) is 2. The molecule has 2 amide bonds. The Hall–Kier alpha value is -3.80. The first-order valence-electron chi connectivity index (χ1n) is 12.4.